The summed E-state index contributed by atoms with van der Waals surface area (Å²) in [5, 5.41) is 6.87. The Kier molecular flexibility index (Phi) is 6.25. The van der Waals surface area contributed by atoms with E-state index in [1.807, 2.05) is 0 Å². The monoisotopic (exact) mass is 447 g/mol. The van der Waals surface area contributed by atoms with Gasteiger partial charge in [-0.1, -0.05) is 42.4 Å². The zero-order chi connectivity index (χ0) is 21.9. The molecular formula is C20H18ClN3O5S. The fourth-order valence-electron chi connectivity index (χ4n) is 2.66. The Bertz CT molecular complexity index is 1220. The number of benzene rings is 2. The van der Waals surface area contributed by atoms with Crippen LogP contribution in [0.3, 0.4) is 0 Å². The van der Waals surface area contributed by atoms with Crippen molar-refractivity contribution in [2.24, 2.45) is 7.05 Å². The van der Waals surface area contributed by atoms with Gasteiger partial charge in [-0.2, -0.15) is 13.5 Å². The number of carbonyl (C=O) groups excluding carboxylic acids is 1. The van der Waals surface area contributed by atoms with Crippen LogP contribution in [0.2, 0.25) is 5.02 Å². The molecule has 0 atom stereocenters. The molecule has 8 nitrogen and oxygen atoms in total. The van der Waals surface area contributed by atoms with Crippen LogP contribution in [0.15, 0.2) is 66.3 Å². The first-order valence-electron chi connectivity index (χ1n) is 8.62. The van der Waals surface area contributed by atoms with Gasteiger partial charge in [-0.05, 0) is 18.2 Å². The normalized spacial score (nSPS) is 11.2. The SMILES string of the molecule is C=C(C(=O)Nc1ccc(COc2cnn(C)c2)c(S(=O)(=O)O)c1)c1ccccc1Cl. The van der Waals surface area contributed by atoms with Crippen LogP contribution in [0.25, 0.3) is 5.57 Å². The van der Waals surface area contributed by atoms with E-state index in [2.05, 4.69) is 17.0 Å². The summed E-state index contributed by atoms with van der Waals surface area (Å²) < 4.78 is 40.3. The van der Waals surface area contributed by atoms with Gasteiger partial charge in [0.25, 0.3) is 16.0 Å². The van der Waals surface area contributed by atoms with Crippen molar-refractivity contribution in [3.8, 4) is 5.75 Å². The summed E-state index contributed by atoms with van der Waals surface area (Å²) in [6.07, 6.45) is 3.09. The molecule has 3 aromatic rings. The van der Waals surface area contributed by atoms with Gasteiger partial charge in [0.15, 0.2) is 5.75 Å². The van der Waals surface area contributed by atoms with E-state index in [1.54, 1.807) is 37.5 Å². The summed E-state index contributed by atoms with van der Waals surface area (Å²) in [4.78, 5) is 12.1. The lowest BCUT2D eigenvalue weighted by molar-refractivity contribution is -0.111. The van der Waals surface area contributed by atoms with Crippen molar-refractivity contribution < 1.29 is 22.5 Å². The highest BCUT2D eigenvalue weighted by molar-refractivity contribution is 7.85. The summed E-state index contributed by atoms with van der Waals surface area (Å²) in [6, 6.07) is 10.8. The van der Waals surface area contributed by atoms with Crippen LogP contribution in [0.5, 0.6) is 5.75 Å². The first-order valence-corrected chi connectivity index (χ1v) is 10.4. The van der Waals surface area contributed by atoms with Gasteiger partial charge < -0.3 is 10.1 Å². The highest BCUT2D eigenvalue weighted by Crippen LogP contribution is 2.26. The molecule has 1 aromatic heterocycles. The summed E-state index contributed by atoms with van der Waals surface area (Å²) in [7, 11) is -2.85. The van der Waals surface area contributed by atoms with E-state index in [1.165, 1.54) is 23.0 Å². The number of nitrogens with one attached hydrogen (secondary N) is 1. The molecule has 0 bridgehead atoms. The van der Waals surface area contributed by atoms with E-state index in [0.717, 1.165) is 6.07 Å². The number of carbonyl (C=O) groups is 1. The lowest BCUT2D eigenvalue weighted by Crippen LogP contribution is -2.14. The van der Waals surface area contributed by atoms with Gasteiger partial charge >= 0.3 is 0 Å². The summed E-state index contributed by atoms with van der Waals surface area (Å²) in [5.41, 5.74) is 0.932. The third kappa shape index (κ3) is 5.07. The largest absolute Gasteiger partial charge is 0.486 e. The average Bonchev–Trinajstić information content (AvgIpc) is 3.11. The third-order valence-electron chi connectivity index (χ3n) is 4.15. The van der Waals surface area contributed by atoms with Gasteiger partial charge in [-0.15, -0.1) is 0 Å². The highest BCUT2D eigenvalue weighted by atomic mass is 35.5. The molecular weight excluding hydrogens is 430 g/mol. The Morgan fingerprint density at radius 3 is 2.67 bits per heavy atom. The molecule has 1 amide bonds. The zero-order valence-corrected chi connectivity index (χ0v) is 17.4. The Balaban J connectivity index is 1.81. The zero-order valence-electron chi connectivity index (χ0n) is 15.9. The van der Waals surface area contributed by atoms with Gasteiger partial charge in [-0.3, -0.25) is 14.0 Å². The minimum Gasteiger partial charge on any atom is -0.486 e. The molecule has 2 aromatic carbocycles. The molecule has 10 heteroatoms. The lowest BCUT2D eigenvalue weighted by atomic mass is 10.1. The van der Waals surface area contributed by atoms with E-state index in [9.17, 15) is 17.8 Å². The molecule has 0 aliphatic carbocycles. The Morgan fingerprint density at radius 2 is 2.03 bits per heavy atom. The number of ether oxygens (including phenoxy) is 1. The highest BCUT2D eigenvalue weighted by Gasteiger charge is 2.19. The summed E-state index contributed by atoms with van der Waals surface area (Å²) >= 11 is 6.09. The molecule has 30 heavy (non-hydrogen) atoms. The van der Waals surface area contributed by atoms with Crippen LogP contribution in [-0.4, -0.2) is 28.7 Å². The predicted molar refractivity (Wildman–Crippen MR) is 113 cm³/mol. The Labute approximate surface area is 178 Å². The standard InChI is InChI=1S/C20H18ClN3O5S/c1-13(17-5-3-4-6-18(17)21)20(25)23-15-8-7-14(19(9-15)30(26,27)28)12-29-16-10-22-24(2)11-16/h3-11H,1,12H2,2H3,(H,23,25)(H,26,27,28). The second-order valence-electron chi connectivity index (χ2n) is 6.35. The van der Waals surface area contributed by atoms with Gasteiger partial charge in [-0.25, -0.2) is 0 Å². The minimum absolute atomic E-state index is 0.109. The molecule has 0 aliphatic heterocycles. The van der Waals surface area contributed by atoms with Crippen molar-refractivity contribution in [2.75, 3.05) is 5.32 Å². The molecule has 0 aliphatic rings. The first kappa shape index (κ1) is 21.6. The van der Waals surface area contributed by atoms with Crippen molar-refractivity contribution in [1.82, 2.24) is 9.78 Å². The molecule has 3 rings (SSSR count). The fourth-order valence-corrected chi connectivity index (χ4v) is 3.64. The number of halogens is 1. The number of aromatic nitrogens is 2. The van der Waals surface area contributed by atoms with Crippen molar-refractivity contribution in [1.29, 1.82) is 0 Å². The van der Waals surface area contributed by atoms with Gasteiger partial charge in [0.2, 0.25) is 0 Å². The van der Waals surface area contributed by atoms with Crippen LogP contribution in [0.4, 0.5) is 5.69 Å². The van der Waals surface area contributed by atoms with E-state index >= 15 is 0 Å². The van der Waals surface area contributed by atoms with Gasteiger partial charge in [0, 0.05) is 34.5 Å². The number of aryl methyl sites for hydroxylation is 1. The van der Waals surface area contributed by atoms with Gasteiger partial charge in [0.1, 0.15) is 11.5 Å². The molecule has 0 saturated heterocycles. The third-order valence-corrected chi connectivity index (χ3v) is 5.42. The van der Waals surface area contributed by atoms with E-state index in [4.69, 9.17) is 16.3 Å². The van der Waals surface area contributed by atoms with Crippen LogP contribution in [-0.2, 0) is 28.6 Å². The Hall–Kier alpha value is -3.14. The molecule has 0 unspecified atom stereocenters. The maximum Gasteiger partial charge on any atom is 0.294 e. The first-order chi connectivity index (χ1) is 14.1. The minimum atomic E-state index is -4.57. The van der Waals surface area contributed by atoms with Gasteiger partial charge in [0.05, 0.1) is 12.4 Å². The van der Waals surface area contributed by atoms with Crippen LogP contribution >= 0.6 is 11.6 Å². The smallest absolute Gasteiger partial charge is 0.294 e. The topological polar surface area (TPSA) is 111 Å². The molecule has 0 radical (unpaired) electrons. The van der Waals surface area contributed by atoms with E-state index in [-0.39, 0.29) is 28.3 Å². The van der Waals surface area contributed by atoms with Crippen LogP contribution < -0.4 is 10.1 Å². The molecule has 0 saturated carbocycles. The number of nitrogens with zero attached hydrogens (tertiary/aromatic N) is 2. The predicted octanol–water partition coefficient (Wildman–Crippen LogP) is 3.55. The number of hydrogen-bond acceptors (Lipinski definition) is 5. The van der Waals surface area contributed by atoms with Crippen molar-refractivity contribution in [2.45, 2.75) is 11.5 Å². The van der Waals surface area contributed by atoms with E-state index < -0.39 is 16.0 Å². The lowest BCUT2D eigenvalue weighted by Gasteiger charge is -2.13. The summed E-state index contributed by atoms with van der Waals surface area (Å²) in [6.45, 7) is 3.62. The molecule has 1 heterocycles. The number of hydrogen-bond donors (Lipinski definition) is 2. The molecule has 2 N–H and O–H groups in total. The molecule has 156 valence electrons. The number of amides is 1. The number of rotatable bonds is 7. The number of anilines is 1. The van der Waals surface area contributed by atoms with E-state index in [0.29, 0.717) is 16.3 Å². The second-order valence-corrected chi connectivity index (χ2v) is 8.15. The Morgan fingerprint density at radius 1 is 1.30 bits per heavy atom. The van der Waals surface area contributed by atoms with Crippen molar-refractivity contribution >= 4 is 38.9 Å². The molecule has 0 spiro atoms. The fraction of sp³-hybridized carbons (Fsp3) is 0.100. The van der Waals surface area contributed by atoms with Crippen molar-refractivity contribution in [3.05, 3.63) is 77.6 Å². The van der Waals surface area contributed by atoms with Crippen molar-refractivity contribution in [3.63, 3.8) is 0 Å². The maximum atomic E-state index is 12.5. The van der Waals surface area contributed by atoms with Crippen LogP contribution in [0.1, 0.15) is 11.1 Å². The summed E-state index contributed by atoms with van der Waals surface area (Å²) in [5.74, 6) is -0.129. The quantitative estimate of drug-likeness (QED) is 0.423. The average molecular weight is 448 g/mol. The maximum absolute atomic E-state index is 12.5. The molecule has 0 fully saturated rings. The van der Waals surface area contributed by atoms with Crippen LogP contribution in [0, 0.1) is 0 Å². The second kappa shape index (κ2) is 8.70.